The van der Waals surface area contributed by atoms with Gasteiger partial charge in [0.1, 0.15) is 11.5 Å². The van der Waals surface area contributed by atoms with Gasteiger partial charge < -0.3 is 4.74 Å². The molecule has 0 fully saturated rings. The lowest BCUT2D eigenvalue weighted by atomic mass is 10.2. The summed E-state index contributed by atoms with van der Waals surface area (Å²) >= 11 is 0. The second-order valence-corrected chi connectivity index (χ2v) is 7.39. The van der Waals surface area contributed by atoms with Crippen LogP contribution >= 0.6 is 8.58 Å². The number of hydrogen-bond acceptors (Lipinski definition) is 2. The van der Waals surface area contributed by atoms with E-state index in [2.05, 4.69) is 43.1 Å². The van der Waals surface area contributed by atoms with Crippen molar-refractivity contribution >= 4 is 31.1 Å². The number of aryl methyl sites for hydroxylation is 1. The first-order valence-corrected chi connectivity index (χ1v) is 9.99. The van der Waals surface area contributed by atoms with E-state index < -0.39 is 0 Å². The molecular weight excluding hydrogens is 337 g/mol. The van der Waals surface area contributed by atoms with E-state index in [1.54, 1.807) is 0 Å². The van der Waals surface area contributed by atoms with Gasteiger partial charge in [-0.15, -0.1) is 0 Å². The molecule has 0 aliphatic rings. The Hall–Kier alpha value is -2.44. The number of nitrogens with zero attached hydrogens (tertiary/aromatic N) is 1. The number of rotatable bonds is 7. The smallest absolute Gasteiger partial charge is 0.135 e. The molecule has 2 nitrogen and oxygen atoms in total. The van der Waals surface area contributed by atoms with Crippen molar-refractivity contribution < 1.29 is 4.74 Å². The van der Waals surface area contributed by atoms with Crippen LogP contribution < -0.4 is 15.3 Å². The maximum absolute atomic E-state index is 6.17. The molecule has 0 saturated carbocycles. The van der Waals surface area contributed by atoms with Crippen LogP contribution in [-0.2, 0) is 0 Å². The Morgan fingerprint density at radius 3 is 2.50 bits per heavy atom. The number of unbranched alkanes of at least 4 members (excludes halogenated alkanes) is 1. The minimum absolute atomic E-state index is 0.498. The summed E-state index contributed by atoms with van der Waals surface area (Å²) in [6, 6.07) is 24.6. The van der Waals surface area contributed by atoms with Crippen molar-refractivity contribution in [2.24, 2.45) is 4.99 Å². The van der Waals surface area contributed by atoms with E-state index in [9.17, 15) is 0 Å². The van der Waals surface area contributed by atoms with Gasteiger partial charge in [0.25, 0.3) is 0 Å². The van der Waals surface area contributed by atoms with E-state index in [0.29, 0.717) is 8.58 Å². The van der Waals surface area contributed by atoms with Crippen LogP contribution in [0.15, 0.2) is 77.8 Å². The average Bonchev–Trinajstić information content (AvgIpc) is 2.67. The minimum Gasteiger partial charge on any atom is -0.457 e. The lowest BCUT2D eigenvalue weighted by Gasteiger charge is -2.15. The first kappa shape index (κ1) is 18.4. The van der Waals surface area contributed by atoms with Gasteiger partial charge in [-0.1, -0.05) is 70.5 Å². The lowest BCUT2D eigenvalue weighted by molar-refractivity contribution is 0.486. The van der Waals surface area contributed by atoms with E-state index in [1.165, 1.54) is 16.2 Å². The highest BCUT2D eigenvalue weighted by Crippen LogP contribution is 2.28. The second-order valence-electron chi connectivity index (χ2n) is 6.11. The molecule has 1 unspecified atom stereocenters. The molecule has 3 heteroatoms. The summed E-state index contributed by atoms with van der Waals surface area (Å²) in [5.74, 6) is 1.78. The molecule has 0 bridgehead atoms. The highest BCUT2D eigenvalue weighted by molar-refractivity contribution is 7.56. The Labute approximate surface area is 157 Å². The molecule has 0 aliphatic carbocycles. The second kappa shape index (κ2) is 9.31. The van der Waals surface area contributed by atoms with Gasteiger partial charge in [-0.25, -0.2) is 0 Å². The SMILES string of the molecule is CCCC=Nc1ccccc1Pc1c(C)cccc1Oc1ccccc1. The number of aliphatic imine (C=N–C) groups is 1. The molecule has 0 N–H and O–H groups in total. The fraction of sp³-hybridized carbons (Fsp3) is 0.174. The quantitative estimate of drug-likeness (QED) is 0.378. The predicted octanol–water partition coefficient (Wildman–Crippen LogP) is 5.92. The number of benzene rings is 3. The van der Waals surface area contributed by atoms with Crippen molar-refractivity contribution in [1.82, 2.24) is 0 Å². The van der Waals surface area contributed by atoms with E-state index in [-0.39, 0.29) is 0 Å². The summed E-state index contributed by atoms with van der Waals surface area (Å²) in [5.41, 5.74) is 2.29. The molecule has 0 saturated heterocycles. The Morgan fingerprint density at radius 1 is 0.923 bits per heavy atom. The Balaban J connectivity index is 1.91. The topological polar surface area (TPSA) is 21.6 Å². The summed E-state index contributed by atoms with van der Waals surface area (Å²) < 4.78 is 6.17. The van der Waals surface area contributed by atoms with E-state index >= 15 is 0 Å². The third-order valence-electron chi connectivity index (χ3n) is 4.02. The lowest BCUT2D eigenvalue weighted by Crippen LogP contribution is -2.10. The maximum atomic E-state index is 6.17. The molecule has 0 spiro atoms. The van der Waals surface area contributed by atoms with E-state index in [0.717, 1.165) is 30.0 Å². The average molecular weight is 361 g/mol. The van der Waals surface area contributed by atoms with Crippen LogP contribution in [0.4, 0.5) is 5.69 Å². The van der Waals surface area contributed by atoms with Gasteiger partial charge in [-0.3, -0.25) is 4.99 Å². The summed E-state index contributed by atoms with van der Waals surface area (Å²) in [5, 5.41) is 2.47. The van der Waals surface area contributed by atoms with Gasteiger partial charge in [-0.2, -0.15) is 0 Å². The Morgan fingerprint density at radius 2 is 1.69 bits per heavy atom. The van der Waals surface area contributed by atoms with Crippen molar-refractivity contribution in [2.45, 2.75) is 26.7 Å². The van der Waals surface area contributed by atoms with Crippen LogP contribution in [0.2, 0.25) is 0 Å². The van der Waals surface area contributed by atoms with Crippen LogP contribution in [0.25, 0.3) is 0 Å². The third-order valence-corrected chi connectivity index (χ3v) is 5.60. The Bertz CT molecular complexity index is 874. The largest absolute Gasteiger partial charge is 0.457 e. The first-order chi connectivity index (χ1) is 12.8. The number of para-hydroxylation sites is 2. The molecule has 0 amide bonds. The fourth-order valence-corrected chi connectivity index (χ4v) is 3.88. The molecule has 3 aromatic carbocycles. The summed E-state index contributed by atoms with van der Waals surface area (Å²) in [4.78, 5) is 4.68. The zero-order chi connectivity index (χ0) is 18.2. The molecule has 26 heavy (non-hydrogen) atoms. The highest BCUT2D eigenvalue weighted by atomic mass is 31.1. The van der Waals surface area contributed by atoms with Crippen LogP contribution in [0, 0.1) is 6.92 Å². The molecule has 3 rings (SSSR count). The zero-order valence-electron chi connectivity index (χ0n) is 15.3. The normalized spacial score (nSPS) is 11.5. The molecule has 132 valence electrons. The molecule has 1 atom stereocenters. The molecule has 0 aliphatic heterocycles. The highest BCUT2D eigenvalue weighted by Gasteiger charge is 2.11. The monoisotopic (exact) mass is 361 g/mol. The number of ether oxygens (including phenoxy) is 1. The molecule has 0 radical (unpaired) electrons. The van der Waals surface area contributed by atoms with Gasteiger partial charge in [0, 0.05) is 16.8 Å². The van der Waals surface area contributed by atoms with Gasteiger partial charge >= 0.3 is 0 Å². The van der Waals surface area contributed by atoms with Crippen LogP contribution in [0.5, 0.6) is 11.5 Å². The first-order valence-electron chi connectivity index (χ1n) is 8.99. The number of hydrogen-bond donors (Lipinski definition) is 0. The van der Waals surface area contributed by atoms with Crippen molar-refractivity contribution in [2.75, 3.05) is 0 Å². The van der Waals surface area contributed by atoms with Crippen molar-refractivity contribution in [3.05, 3.63) is 78.4 Å². The van der Waals surface area contributed by atoms with Crippen LogP contribution in [-0.4, -0.2) is 6.21 Å². The molecule has 3 aromatic rings. The van der Waals surface area contributed by atoms with Gasteiger partial charge in [-0.05, 0) is 43.2 Å². The predicted molar refractivity (Wildman–Crippen MR) is 115 cm³/mol. The summed E-state index contributed by atoms with van der Waals surface area (Å²) in [6.07, 6.45) is 4.13. The van der Waals surface area contributed by atoms with Crippen molar-refractivity contribution in [1.29, 1.82) is 0 Å². The van der Waals surface area contributed by atoms with Gasteiger partial charge in [0.2, 0.25) is 0 Å². The Kier molecular flexibility index (Phi) is 6.57. The van der Waals surface area contributed by atoms with Crippen LogP contribution in [0.1, 0.15) is 25.3 Å². The summed E-state index contributed by atoms with van der Waals surface area (Å²) in [6.45, 7) is 4.31. The van der Waals surface area contributed by atoms with Crippen LogP contribution in [0.3, 0.4) is 0 Å². The van der Waals surface area contributed by atoms with E-state index in [4.69, 9.17) is 4.74 Å². The van der Waals surface area contributed by atoms with Gasteiger partial charge in [0.05, 0.1) is 5.69 Å². The molecule has 0 aromatic heterocycles. The van der Waals surface area contributed by atoms with E-state index in [1.807, 2.05) is 54.7 Å². The third kappa shape index (κ3) is 4.80. The standard InChI is InChI=1S/C23H24NOP/c1-3-4-17-24-20-14-8-9-16-22(20)26-23-18(2)11-10-15-21(23)25-19-12-6-5-7-13-19/h5-17,26H,3-4H2,1-2H3. The zero-order valence-corrected chi connectivity index (χ0v) is 16.3. The maximum Gasteiger partial charge on any atom is 0.135 e. The molecule has 0 heterocycles. The van der Waals surface area contributed by atoms with Gasteiger partial charge in [0.15, 0.2) is 0 Å². The summed E-state index contributed by atoms with van der Waals surface area (Å²) in [7, 11) is 0.498. The van der Waals surface area contributed by atoms with Crippen molar-refractivity contribution in [3.8, 4) is 11.5 Å². The fourth-order valence-electron chi connectivity index (χ4n) is 2.62. The minimum atomic E-state index is 0.498. The van der Waals surface area contributed by atoms with Crippen molar-refractivity contribution in [3.63, 3.8) is 0 Å². The molecular formula is C23H24NOP.